The molecule has 1 heterocycles. The number of nitrogens with zero attached hydrogens (tertiary/aromatic N) is 2. The molecule has 0 radical (unpaired) electrons. The summed E-state index contributed by atoms with van der Waals surface area (Å²) in [6, 6.07) is 15.0. The zero-order valence-electron chi connectivity index (χ0n) is 19.2. The molecule has 0 aromatic heterocycles. The Kier molecular flexibility index (Phi) is 8.83. The smallest absolute Gasteiger partial charge is 0.325 e. The molecule has 33 heavy (non-hydrogen) atoms. The van der Waals surface area contributed by atoms with Gasteiger partial charge in [0.25, 0.3) is 11.8 Å². The largest absolute Gasteiger partial charge is 0.494 e. The van der Waals surface area contributed by atoms with E-state index in [1.165, 1.54) is 11.1 Å². The minimum Gasteiger partial charge on any atom is -0.494 e. The number of hydrogen-bond donors (Lipinski definition) is 1. The van der Waals surface area contributed by atoms with E-state index in [1.807, 2.05) is 6.92 Å². The Hall–Kier alpha value is -3.39. The van der Waals surface area contributed by atoms with Crippen LogP contribution in [0.25, 0.3) is 0 Å². The zero-order chi connectivity index (χ0) is 23.6. The van der Waals surface area contributed by atoms with Crippen molar-refractivity contribution >= 4 is 17.8 Å². The van der Waals surface area contributed by atoms with Crippen molar-refractivity contribution in [2.24, 2.45) is 0 Å². The molecule has 8 nitrogen and oxygen atoms in total. The number of carbonyl (C=O) groups excluding carboxylic acids is 3. The molecule has 2 aromatic rings. The van der Waals surface area contributed by atoms with Gasteiger partial charge in [0, 0.05) is 38.3 Å². The van der Waals surface area contributed by atoms with E-state index in [0.29, 0.717) is 31.0 Å². The van der Waals surface area contributed by atoms with Gasteiger partial charge in [0.05, 0.1) is 6.61 Å². The third-order valence-corrected chi connectivity index (χ3v) is 5.39. The highest BCUT2D eigenvalue weighted by Crippen LogP contribution is 2.12. The Bertz CT molecular complexity index is 953. The summed E-state index contributed by atoms with van der Waals surface area (Å²) in [5.74, 6) is -0.605. The second kappa shape index (κ2) is 12.0. The highest BCUT2D eigenvalue weighted by molar-refractivity contribution is 5.96. The maximum atomic E-state index is 12.4. The van der Waals surface area contributed by atoms with Gasteiger partial charge >= 0.3 is 5.97 Å². The van der Waals surface area contributed by atoms with Crippen LogP contribution in [0.4, 0.5) is 0 Å². The van der Waals surface area contributed by atoms with Crippen molar-refractivity contribution in [2.75, 3.05) is 45.9 Å². The van der Waals surface area contributed by atoms with Gasteiger partial charge in [-0.25, -0.2) is 0 Å². The summed E-state index contributed by atoms with van der Waals surface area (Å²) in [4.78, 5) is 40.5. The first-order valence-corrected chi connectivity index (χ1v) is 11.2. The van der Waals surface area contributed by atoms with Crippen LogP contribution < -0.4 is 10.1 Å². The van der Waals surface area contributed by atoms with Gasteiger partial charge in [-0.1, -0.05) is 29.8 Å². The number of piperazine rings is 1. The summed E-state index contributed by atoms with van der Waals surface area (Å²) in [5.41, 5.74) is 2.90. The first-order valence-electron chi connectivity index (χ1n) is 11.2. The van der Waals surface area contributed by atoms with Gasteiger partial charge in [-0.2, -0.15) is 0 Å². The van der Waals surface area contributed by atoms with E-state index in [1.54, 1.807) is 29.2 Å². The summed E-state index contributed by atoms with van der Waals surface area (Å²) in [7, 11) is 0. The van der Waals surface area contributed by atoms with Crippen LogP contribution in [-0.4, -0.2) is 73.5 Å². The van der Waals surface area contributed by atoms with E-state index in [9.17, 15) is 14.4 Å². The molecule has 176 valence electrons. The highest BCUT2D eigenvalue weighted by Gasteiger charge is 2.22. The summed E-state index contributed by atoms with van der Waals surface area (Å²) in [6.07, 6.45) is 0. The van der Waals surface area contributed by atoms with Crippen molar-refractivity contribution in [3.05, 3.63) is 65.2 Å². The molecular weight excluding hydrogens is 422 g/mol. The quantitative estimate of drug-likeness (QED) is 0.585. The standard InChI is InChI=1S/C25H31N3O5/c1-3-32-22-9-7-21(8-10-22)25(31)26-16-24(30)33-18-23(29)28-13-11-27(12-14-28)17-20-6-4-5-19(2)15-20/h4-10,15H,3,11-14,16-18H2,1-2H3,(H,26,31). The Morgan fingerprint density at radius 2 is 1.73 bits per heavy atom. The van der Waals surface area contributed by atoms with Gasteiger partial charge in [0.15, 0.2) is 6.61 Å². The van der Waals surface area contributed by atoms with Crippen LogP contribution in [0.2, 0.25) is 0 Å². The van der Waals surface area contributed by atoms with Crippen molar-refractivity contribution in [2.45, 2.75) is 20.4 Å². The number of nitrogens with one attached hydrogen (secondary N) is 1. The molecule has 0 aliphatic carbocycles. The third kappa shape index (κ3) is 7.61. The molecule has 0 unspecified atom stereocenters. The fourth-order valence-electron chi connectivity index (χ4n) is 3.63. The van der Waals surface area contributed by atoms with E-state index in [0.717, 1.165) is 19.6 Å². The molecule has 1 aliphatic heterocycles. The molecule has 0 bridgehead atoms. The minimum absolute atomic E-state index is 0.226. The van der Waals surface area contributed by atoms with Crippen molar-refractivity contribution < 1.29 is 23.9 Å². The van der Waals surface area contributed by atoms with Crippen LogP contribution in [-0.2, 0) is 20.9 Å². The van der Waals surface area contributed by atoms with Gasteiger partial charge < -0.3 is 19.7 Å². The monoisotopic (exact) mass is 453 g/mol. The number of ether oxygens (including phenoxy) is 2. The number of benzene rings is 2. The normalized spacial score (nSPS) is 13.9. The predicted molar refractivity (Wildman–Crippen MR) is 124 cm³/mol. The first kappa shape index (κ1) is 24.3. The van der Waals surface area contributed by atoms with Crippen molar-refractivity contribution in [1.82, 2.24) is 15.1 Å². The number of hydrogen-bond acceptors (Lipinski definition) is 6. The summed E-state index contributed by atoms with van der Waals surface area (Å²) < 4.78 is 10.4. The second-order valence-electron chi connectivity index (χ2n) is 7.95. The molecule has 1 fully saturated rings. The number of rotatable bonds is 9. The number of esters is 1. The molecule has 1 saturated heterocycles. The molecule has 0 atom stereocenters. The Morgan fingerprint density at radius 1 is 1.00 bits per heavy atom. The number of carbonyl (C=O) groups is 3. The SMILES string of the molecule is CCOc1ccc(C(=O)NCC(=O)OCC(=O)N2CCN(Cc3cccc(C)c3)CC2)cc1. The van der Waals surface area contributed by atoms with Crippen molar-refractivity contribution in [1.29, 1.82) is 0 Å². The molecule has 1 aliphatic rings. The second-order valence-corrected chi connectivity index (χ2v) is 7.95. The fourth-order valence-corrected chi connectivity index (χ4v) is 3.63. The van der Waals surface area contributed by atoms with Crippen molar-refractivity contribution in [3.8, 4) is 5.75 Å². The fraction of sp³-hybridized carbons (Fsp3) is 0.400. The van der Waals surface area contributed by atoms with E-state index >= 15 is 0 Å². The molecule has 2 aromatic carbocycles. The Labute approximate surface area is 194 Å². The average Bonchev–Trinajstić information content (AvgIpc) is 2.82. The summed E-state index contributed by atoms with van der Waals surface area (Å²) >= 11 is 0. The van der Waals surface area contributed by atoms with Crippen LogP contribution in [0.15, 0.2) is 48.5 Å². The van der Waals surface area contributed by atoms with Crippen LogP contribution in [0.1, 0.15) is 28.4 Å². The number of aryl methyl sites for hydroxylation is 1. The zero-order valence-corrected chi connectivity index (χ0v) is 19.2. The number of amides is 2. The maximum Gasteiger partial charge on any atom is 0.325 e. The third-order valence-electron chi connectivity index (χ3n) is 5.39. The highest BCUT2D eigenvalue weighted by atomic mass is 16.5. The predicted octanol–water partition coefficient (Wildman–Crippen LogP) is 2.01. The molecule has 0 saturated carbocycles. The van der Waals surface area contributed by atoms with Gasteiger partial charge in [-0.3, -0.25) is 19.3 Å². The van der Waals surface area contributed by atoms with Gasteiger partial charge in [-0.15, -0.1) is 0 Å². The molecule has 1 N–H and O–H groups in total. The molecule has 0 spiro atoms. The summed E-state index contributed by atoms with van der Waals surface area (Å²) in [5, 5.41) is 2.50. The molecule has 2 amide bonds. The van der Waals surface area contributed by atoms with Crippen molar-refractivity contribution in [3.63, 3.8) is 0 Å². The average molecular weight is 454 g/mol. The van der Waals surface area contributed by atoms with Gasteiger partial charge in [0.1, 0.15) is 12.3 Å². The van der Waals surface area contributed by atoms with Gasteiger partial charge in [0.2, 0.25) is 0 Å². The summed E-state index contributed by atoms with van der Waals surface area (Å²) in [6.45, 7) is 7.45. The lowest BCUT2D eigenvalue weighted by molar-refractivity contribution is -0.151. The van der Waals surface area contributed by atoms with Crippen LogP contribution in [0.5, 0.6) is 5.75 Å². The van der Waals surface area contributed by atoms with E-state index in [4.69, 9.17) is 9.47 Å². The van der Waals surface area contributed by atoms with Gasteiger partial charge in [-0.05, 0) is 43.7 Å². The maximum absolute atomic E-state index is 12.4. The first-order chi connectivity index (χ1) is 15.9. The molecule has 3 rings (SSSR count). The lowest BCUT2D eigenvalue weighted by atomic mass is 10.1. The van der Waals surface area contributed by atoms with E-state index in [-0.39, 0.29) is 19.1 Å². The lowest BCUT2D eigenvalue weighted by Crippen LogP contribution is -2.49. The lowest BCUT2D eigenvalue weighted by Gasteiger charge is -2.34. The Morgan fingerprint density at radius 3 is 2.39 bits per heavy atom. The van der Waals surface area contributed by atoms with Crippen LogP contribution in [0.3, 0.4) is 0 Å². The topological polar surface area (TPSA) is 88.2 Å². The molecular formula is C25H31N3O5. The van der Waals surface area contributed by atoms with Crippen LogP contribution in [0, 0.1) is 6.92 Å². The van der Waals surface area contributed by atoms with Crippen LogP contribution >= 0.6 is 0 Å². The van der Waals surface area contributed by atoms with E-state index in [2.05, 4.69) is 41.4 Å². The minimum atomic E-state index is -0.652. The molecule has 8 heteroatoms. The Balaban J connectivity index is 1.34. The van der Waals surface area contributed by atoms with E-state index < -0.39 is 11.9 Å².